The summed E-state index contributed by atoms with van der Waals surface area (Å²) in [6.07, 6.45) is 4.66. The Morgan fingerprint density at radius 1 is 1.64 bits per heavy atom. The van der Waals surface area contributed by atoms with Crippen LogP contribution in [0, 0.1) is 5.92 Å². The summed E-state index contributed by atoms with van der Waals surface area (Å²) in [4.78, 5) is 10.5. The molecule has 0 aromatic heterocycles. The molecule has 2 atom stereocenters. The van der Waals surface area contributed by atoms with Gasteiger partial charge in [0.15, 0.2) is 5.78 Å². The lowest BCUT2D eigenvalue weighted by atomic mass is 10.1. The Morgan fingerprint density at radius 2 is 2.36 bits per heavy atom. The SMILES string of the molecule is CC(=O)/C=C/C1CC(C)CO1. The second kappa shape index (κ2) is 3.67. The maximum absolute atomic E-state index is 10.5. The van der Waals surface area contributed by atoms with Crippen LogP contribution in [0.5, 0.6) is 0 Å². The van der Waals surface area contributed by atoms with Crippen LogP contribution < -0.4 is 0 Å². The first-order valence-corrected chi connectivity index (χ1v) is 3.99. The van der Waals surface area contributed by atoms with Gasteiger partial charge in [-0.3, -0.25) is 4.79 Å². The molecule has 1 aliphatic rings. The lowest BCUT2D eigenvalue weighted by molar-refractivity contribution is -0.112. The van der Waals surface area contributed by atoms with Gasteiger partial charge in [0.05, 0.1) is 12.7 Å². The highest BCUT2D eigenvalue weighted by atomic mass is 16.5. The quantitative estimate of drug-likeness (QED) is 0.564. The topological polar surface area (TPSA) is 26.3 Å². The molecular weight excluding hydrogens is 140 g/mol. The van der Waals surface area contributed by atoms with Gasteiger partial charge in [0.1, 0.15) is 0 Å². The second-order valence-corrected chi connectivity index (χ2v) is 3.18. The lowest BCUT2D eigenvalue weighted by Crippen LogP contribution is -2.00. The Balaban J connectivity index is 2.33. The molecule has 0 bridgehead atoms. The van der Waals surface area contributed by atoms with E-state index in [-0.39, 0.29) is 11.9 Å². The van der Waals surface area contributed by atoms with Crippen LogP contribution in [0.25, 0.3) is 0 Å². The van der Waals surface area contributed by atoms with Crippen molar-refractivity contribution >= 4 is 5.78 Å². The van der Waals surface area contributed by atoms with Crippen molar-refractivity contribution in [3.8, 4) is 0 Å². The molecule has 2 unspecified atom stereocenters. The average Bonchev–Trinajstić information content (AvgIpc) is 2.31. The van der Waals surface area contributed by atoms with E-state index in [2.05, 4.69) is 6.92 Å². The molecule has 0 aromatic rings. The molecule has 2 nitrogen and oxygen atoms in total. The van der Waals surface area contributed by atoms with Gasteiger partial charge in [-0.05, 0) is 25.3 Å². The van der Waals surface area contributed by atoms with Gasteiger partial charge in [-0.2, -0.15) is 0 Å². The van der Waals surface area contributed by atoms with Gasteiger partial charge >= 0.3 is 0 Å². The molecule has 11 heavy (non-hydrogen) atoms. The number of allylic oxidation sites excluding steroid dienone is 1. The van der Waals surface area contributed by atoms with Gasteiger partial charge in [-0.25, -0.2) is 0 Å². The molecule has 2 heteroatoms. The first-order valence-electron chi connectivity index (χ1n) is 3.99. The number of carbonyl (C=O) groups excluding carboxylic acids is 1. The van der Waals surface area contributed by atoms with Crippen molar-refractivity contribution in [2.45, 2.75) is 26.4 Å². The van der Waals surface area contributed by atoms with E-state index in [1.165, 1.54) is 0 Å². The highest BCUT2D eigenvalue weighted by molar-refractivity contribution is 5.87. The summed E-state index contributed by atoms with van der Waals surface area (Å²) < 4.78 is 5.38. The lowest BCUT2D eigenvalue weighted by Gasteiger charge is -1.99. The standard InChI is InChI=1S/C9H14O2/c1-7-5-9(11-6-7)4-3-8(2)10/h3-4,7,9H,5-6H2,1-2H3/b4-3+. The summed E-state index contributed by atoms with van der Waals surface area (Å²) in [5, 5.41) is 0. The predicted octanol–water partition coefficient (Wildman–Crippen LogP) is 1.56. The van der Waals surface area contributed by atoms with Crippen LogP contribution in [0.2, 0.25) is 0 Å². The third-order valence-corrected chi connectivity index (χ3v) is 1.78. The molecule has 0 N–H and O–H groups in total. The number of ketones is 1. The van der Waals surface area contributed by atoms with Crippen LogP contribution >= 0.6 is 0 Å². The van der Waals surface area contributed by atoms with Gasteiger partial charge in [0.25, 0.3) is 0 Å². The number of carbonyl (C=O) groups is 1. The van der Waals surface area contributed by atoms with Crippen molar-refractivity contribution in [1.29, 1.82) is 0 Å². The molecule has 1 rings (SSSR count). The monoisotopic (exact) mass is 154 g/mol. The van der Waals surface area contributed by atoms with E-state index in [9.17, 15) is 4.79 Å². The van der Waals surface area contributed by atoms with Crippen molar-refractivity contribution in [2.24, 2.45) is 5.92 Å². The number of hydrogen-bond donors (Lipinski definition) is 0. The molecule has 1 saturated heterocycles. The van der Waals surface area contributed by atoms with Gasteiger partial charge in [0.2, 0.25) is 0 Å². The van der Waals surface area contributed by atoms with E-state index in [1.54, 1.807) is 13.0 Å². The zero-order valence-corrected chi connectivity index (χ0v) is 7.04. The Morgan fingerprint density at radius 3 is 2.82 bits per heavy atom. The highest BCUT2D eigenvalue weighted by Gasteiger charge is 2.18. The molecule has 0 saturated carbocycles. The summed E-state index contributed by atoms with van der Waals surface area (Å²) in [7, 11) is 0. The first-order chi connectivity index (χ1) is 5.18. The van der Waals surface area contributed by atoms with Gasteiger partial charge in [0, 0.05) is 0 Å². The van der Waals surface area contributed by atoms with Crippen LogP contribution in [0.15, 0.2) is 12.2 Å². The number of rotatable bonds is 2. The maximum atomic E-state index is 10.5. The summed E-state index contributed by atoms with van der Waals surface area (Å²) in [6.45, 7) is 4.53. The molecule has 0 aromatic carbocycles. The van der Waals surface area contributed by atoms with Crippen molar-refractivity contribution in [3.05, 3.63) is 12.2 Å². The Kier molecular flexibility index (Phi) is 2.83. The van der Waals surface area contributed by atoms with Crippen molar-refractivity contribution < 1.29 is 9.53 Å². The predicted molar refractivity (Wildman–Crippen MR) is 43.3 cm³/mol. The highest BCUT2D eigenvalue weighted by Crippen LogP contribution is 2.19. The molecule has 1 heterocycles. The fourth-order valence-corrected chi connectivity index (χ4v) is 1.20. The number of ether oxygens (including phenoxy) is 1. The molecular formula is C9H14O2. The molecule has 0 aliphatic carbocycles. The van der Waals surface area contributed by atoms with Crippen LogP contribution in [-0.2, 0) is 9.53 Å². The third kappa shape index (κ3) is 2.85. The van der Waals surface area contributed by atoms with E-state index < -0.39 is 0 Å². The fourth-order valence-electron chi connectivity index (χ4n) is 1.20. The van der Waals surface area contributed by atoms with Crippen LogP contribution in [0.1, 0.15) is 20.3 Å². The number of hydrogen-bond acceptors (Lipinski definition) is 2. The van der Waals surface area contributed by atoms with E-state index in [1.807, 2.05) is 6.08 Å². The fraction of sp³-hybridized carbons (Fsp3) is 0.667. The Bertz CT molecular complexity index is 172. The minimum Gasteiger partial charge on any atom is -0.374 e. The molecule has 1 aliphatic heterocycles. The molecule has 1 fully saturated rings. The Labute approximate surface area is 67.2 Å². The van der Waals surface area contributed by atoms with E-state index in [0.717, 1.165) is 13.0 Å². The zero-order chi connectivity index (χ0) is 8.27. The van der Waals surface area contributed by atoms with Gasteiger partial charge < -0.3 is 4.74 Å². The second-order valence-electron chi connectivity index (χ2n) is 3.18. The van der Waals surface area contributed by atoms with Crippen LogP contribution in [0.4, 0.5) is 0 Å². The van der Waals surface area contributed by atoms with E-state index >= 15 is 0 Å². The molecule has 0 spiro atoms. The maximum Gasteiger partial charge on any atom is 0.152 e. The van der Waals surface area contributed by atoms with Crippen LogP contribution in [-0.4, -0.2) is 18.5 Å². The minimum atomic E-state index is 0.0909. The molecule has 62 valence electrons. The van der Waals surface area contributed by atoms with Crippen molar-refractivity contribution in [2.75, 3.05) is 6.61 Å². The van der Waals surface area contributed by atoms with Crippen molar-refractivity contribution in [1.82, 2.24) is 0 Å². The van der Waals surface area contributed by atoms with Crippen LogP contribution in [0.3, 0.4) is 0 Å². The smallest absolute Gasteiger partial charge is 0.152 e. The average molecular weight is 154 g/mol. The largest absolute Gasteiger partial charge is 0.374 e. The Hall–Kier alpha value is -0.630. The van der Waals surface area contributed by atoms with Crippen molar-refractivity contribution in [3.63, 3.8) is 0 Å². The minimum absolute atomic E-state index is 0.0909. The van der Waals surface area contributed by atoms with Gasteiger partial charge in [-0.15, -0.1) is 0 Å². The summed E-state index contributed by atoms with van der Waals surface area (Å²) in [6, 6.07) is 0. The van der Waals surface area contributed by atoms with E-state index in [0.29, 0.717) is 5.92 Å². The molecule has 0 amide bonds. The zero-order valence-electron chi connectivity index (χ0n) is 7.04. The summed E-state index contributed by atoms with van der Waals surface area (Å²) in [5.74, 6) is 0.727. The third-order valence-electron chi connectivity index (χ3n) is 1.78. The first kappa shape index (κ1) is 8.47. The van der Waals surface area contributed by atoms with Gasteiger partial charge in [-0.1, -0.05) is 13.0 Å². The van der Waals surface area contributed by atoms with E-state index in [4.69, 9.17) is 4.74 Å². The summed E-state index contributed by atoms with van der Waals surface area (Å²) >= 11 is 0. The summed E-state index contributed by atoms with van der Waals surface area (Å²) in [5.41, 5.74) is 0. The normalized spacial score (nSPS) is 31.5. The molecule has 0 radical (unpaired) electrons.